The van der Waals surface area contributed by atoms with Gasteiger partial charge in [-0.15, -0.1) is 0 Å². The molecule has 0 heterocycles. The van der Waals surface area contributed by atoms with Crippen molar-refractivity contribution < 1.29 is 33.6 Å². The van der Waals surface area contributed by atoms with Crippen LogP contribution in [-0.4, -0.2) is 65.6 Å². The van der Waals surface area contributed by atoms with E-state index in [9.17, 15) is 4.79 Å². The number of aliphatic hydroxyl groups is 1. The van der Waals surface area contributed by atoms with Gasteiger partial charge in [0.2, 0.25) is 5.91 Å². The topological polar surface area (TPSA) is 130 Å². The predicted octanol–water partition coefficient (Wildman–Crippen LogP) is 1.92. The highest BCUT2D eigenvalue weighted by Gasteiger charge is 2.13. The summed E-state index contributed by atoms with van der Waals surface area (Å²) in [7, 11) is -0.666. The van der Waals surface area contributed by atoms with E-state index in [0.29, 0.717) is 6.42 Å². The van der Waals surface area contributed by atoms with Crippen LogP contribution in [0.15, 0.2) is 0 Å². The molecule has 0 fully saturated rings. The Hall–Kier alpha value is -0.500. The van der Waals surface area contributed by atoms with E-state index in [2.05, 4.69) is 26.3 Å². The first-order chi connectivity index (χ1) is 13.0. The predicted molar refractivity (Wildman–Crippen MR) is 110 cm³/mol. The molecule has 8 nitrogen and oxygen atoms in total. The molecule has 0 aliphatic carbocycles. The van der Waals surface area contributed by atoms with E-state index in [1.165, 1.54) is 51.4 Å². The molecule has 4 N–H and O–H groups in total. The zero-order valence-electron chi connectivity index (χ0n) is 18.1. The maximum Gasteiger partial charge on any atom is 0.262 e. The molecular formula is C19H43N2O6P. The largest absolute Gasteiger partial charge is 0.756 e. The number of quaternary nitrogens is 1. The van der Waals surface area contributed by atoms with E-state index >= 15 is 0 Å². The van der Waals surface area contributed by atoms with Gasteiger partial charge < -0.3 is 29.6 Å². The number of likely N-dealkylation sites (N-methyl/N-ethyl adjacent to an activating group) is 1. The molecule has 0 saturated heterocycles. The molecule has 0 saturated carbocycles. The van der Waals surface area contributed by atoms with Crippen molar-refractivity contribution in [2.75, 3.05) is 40.3 Å². The summed E-state index contributed by atoms with van der Waals surface area (Å²) in [5.41, 5.74) is 0. The van der Waals surface area contributed by atoms with Gasteiger partial charge in [0, 0.05) is 19.4 Å². The zero-order chi connectivity index (χ0) is 21.9. The molecule has 0 aliphatic heterocycles. The van der Waals surface area contributed by atoms with Crippen molar-refractivity contribution in [1.29, 1.82) is 0 Å². The summed E-state index contributed by atoms with van der Waals surface area (Å²) in [5.74, 6) is 0.195. The normalized spacial score (nSPS) is 11.7. The summed E-state index contributed by atoms with van der Waals surface area (Å²) in [5, 5.41) is 12.0. The van der Waals surface area contributed by atoms with E-state index < -0.39 is 7.82 Å². The lowest BCUT2D eigenvalue weighted by Gasteiger charge is -2.28. The smallest absolute Gasteiger partial charge is 0.262 e. The van der Waals surface area contributed by atoms with Crippen molar-refractivity contribution in [2.45, 2.75) is 77.6 Å². The molecule has 0 atom stereocenters. The minimum Gasteiger partial charge on any atom is -0.756 e. The zero-order valence-corrected chi connectivity index (χ0v) is 19.0. The first kappa shape index (κ1) is 29.7. The third kappa shape index (κ3) is 30.2. The highest BCUT2D eigenvalue weighted by molar-refractivity contribution is 7.43. The van der Waals surface area contributed by atoms with Crippen molar-refractivity contribution in [3.8, 4) is 0 Å². The van der Waals surface area contributed by atoms with Crippen LogP contribution in [0, 0.1) is 0 Å². The third-order valence-electron chi connectivity index (χ3n) is 4.48. The summed E-state index contributed by atoms with van der Waals surface area (Å²) in [6.45, 7) is 4.98. The molecule has 0 aromatic carbocycles. The van der Waals surface area contributed by atoms with E-state index in [-0.39, 0.29) is 12.5 Å². The number of carbonyl (C=O) groups is 1. The fraction of sp³-hybridized carbons (Fsp3) is 0.947. The number of hydrogen-bond acceptors (Lipinski definition) is 4. The van der Waals surface area contributed by atoms with E-state index in [0.717, 1.165) is 37.0 Å². The second-order valence-electron chi connectivity index (χ2n) is 7.88. The molecule has 9 heteroatoms. The third-order valence-corrected chi connectivity index (χ3v) is 4.48. The molecule has 0 bridgehead atoms. The van der Waals surface area contributed by atoms with Crippen molar-refractivity contribution >= 4 is 13.7 Å². The molecule has 0 rings (SSSR count). The van der Waals surface area contributed by atoms with Gasteiger partial charge in [0.05, 0.1) is 27.2 Å². The fourth-order valence-corrected chi connectivity index (χ4v) is 2.80. The maximum absolute atomic E-state index is 11.7. The number of amides is 1. The lowest BCUT2D eigenvalue weighted by Crippen LogP contribution is -2.43. The average molecular weight is 427 g/mol. The lowest BCUT2D eigenvalue weighted by atomic mass is 10.1. The number of nitrogens with one attached hydrogen (secondary N) is 1. The molecule has 170 valence electrons. The Labute approximate surface area is 171 Å². The summed E-state index contributed by atoms with van der Waals surface area (Å²) in [6, 6.07) is 0. The summed E-state index contributed by atoms with van der Waals surface area (Å²) in [4.78, 5) is 34.7. The van der Waals surface area contributed by atoms with Crippen LogP contribution < -0.4 is 10.2 Å². The Morgan fingerprint density at radius 3 is 1.86 bits per heavy atom. The van der Waals surface area contributed by atoms with Crippen molar-refractivity contribution in [1.82, 2.24) is 5.32 Å². The maximum atomic E-state index is 11.7. The SMILES string of the molecule is CCCCCCCCCCCC(=O)NCCC[N+](C)(C)CCO.O=P([O-])(O)O. The first-order valence-corrected chi connectivity index (χ1v) is 12.0. The van der Waals surface area contributed by atoms with Gasteiger partial charge in [-0.05, 0) is 6.42 Å². The van der Waals surface area contributed by atoms with Crippen LogP contribution >= 0.6 is 7.82 Å². The summed E-state index contributed by atoms with van der Waals surface area (Å²) >= 11 is 0. The molecule has 0 spiro atoms. The Morgan fingerprint density at radius 2 is 1.39 bits per heavy atom. The van der Waals surface area contributed by atoms with E-state index in [1.807, 2.05) is 0 Å². The first-order valence-electron chi connectivity index (χ1n) is 10.5. The number of unbranched alkanes of at least 4 members (excludes halogenated alkanes) is 8. The fourth-order valence-electron chi connectivity index (χ4n) is 2.80. The molecule has 0 aliphatic rings. The Balaban J connectivity index is 0. The number of rotatable bonds is 16. The van der Waals surface area contributed by atoms with Gasteiger partial charge in [0.1, 0.15) is 6.54 Å². The highest BCUT2D eigenvalue weighted by Crippen LogP contribution is 2.19. The van der Waals surface area contributed by atoms with Gasteiger partial charge in [-0.25, -0.2) is 0 Å². The van der Waals surface area contributed by atoms with E-state index in [4.69, 9.17) is 24.4 Å². The van der Waals surface area contributed by atoms with Gasteiger partial charge in [-0.1, -0.05) is 58.3 Å². The minimum absolute atomic E-state index is 0.195. The number of carbonyl (C=O) groups excluding carboxylic acids is 1. The molecular weight excluding hydrogens is 383 g/mol. The van der Waals surface area contributed by atoms with Gasteiger partial charge in [0.25, 0.3) is 7.82 Å². The van der Waals surface area contributed by atoms with Gasteiger partial charge in [-0.2, -0.15) is 0 Å². The summed E-state index contributed by atoms with van der Waals surface area (Å²) < 4.78 is 9.58. The van der Waals surface area contributed by atoms with Crippen molar-refractivity contribution in [2.24, 2.45) is 0 Å². The van der Waals surface area contributed by atoms with Crippen LogP contribution in [0.3, 0.4) is 0 Å². The van der Waals surface area contributed by atoms with Crippen molar-refractivity contribution in [3.63, 3.8) is 0 Å². The minimum atomic E-state index is -4.89. The lowest BCUT2D eigenvalue weighted by molar-refractivity contribution is -0.890. The second-order valence-corrected chi connectivity index (χ2v) is 8.86. The Morgan fingerprint density at radius 1 is 0.929 bits per heavy atom. The van der Waals surface area contributed by atoms with E-state index in [1.54, 1.807) is 0 Å². The molecule has 0 unspecified atom stereocenters. The second kappa shape index (κ2) is 18.5. The molecule has 0 aromatic rings. The quantitative estimate of drug-likeness (QED) is 0.169. The van der Waals surface area contributed by atoms with Crippen LogP contribution in [0.1, 0.15) is 77.6 Å². The number of aliphatic hydroxyl groups excluding tert-OH is 1. The number of hydrogen-bond donors (Lipinski definition) is 4. The number of phosphoric acid groups is 1. The van der Waals surface area contributed by atoms with Crippen LogP contribution in [-0.2, 0) is 9.36 Å². The van der Waals surface area contributed by atoms with Crippen LogP contribution in [0.5, 0.6) is 0 Å². The monoisotopic (exact) mass is 426 g/mol. The van der Waals surface area contributed by atoms with Crippen molar-refractivity contribution in [3.05, 3.63) is 0 Å². The van der Waals surface area contributed by atoms with Gasteiger partial charge in [0.15, 0.2) is 0 Å². The molecule has 1 amide bonds. The van der Waals surface area contributed by atoms with Gasteiger partial charge in [-0.3, -0.25) is 9.36 Å². The molecule has 0 aromatic heterocycles. The van der Waals surface area contributed by atoms with Crippen LogP contribution in [0.2, 0.25) is 0 Å². The van der Waals surface area contributed by atoms with Gasteiger partial charge >= 0.3 is 0 Å². The Kier molecular flexibility index (Phi) is 19.6. The standard InChI is InChI=1S/C19H40N2O2.H3O4P/c1-4-5-6-7-8-9-10-11-12-14-19(23)20-15-13-16-21(2,3)17-18-22;1-5(2,3)4/h22H,4-18H2,1-3H3;(H3,1,2,3,4). The van der Waals surface area contributed by atoms with Crippen LogP contribution in [0.25, 0.3) is 0 Å². The van der Waals surface area contributed by atoms with Crippen LogP contribution in [0.4, 0.5) is 0 Å². The number of nitrogens with zero attached hydrogens (tertiary/aromatic N) is 1. The summed E-state index contributed by atoms with van der Waals surface area (Å²) in [6.07, 6.45) is 13.2. The highest BCUT2D eigenvalue weighted by atomic mass is 31.2. The molecule has 0 radical (unpaired) electrons. The Bertz CT molecular complexity index is 407. The average Bonchev–Trinajstić information content (AvgIpc) is 2.56. The molecule has 28 heavy (non-hydrogen) atoms.